The number of nitrogens with one attached hydrogen (secondary N) is 1. The molecule has 0 radical (unpaired) electrons. The molecular formula is C14H20N2O4. The fraction of sp³-hybridized carbons (Fsp3) is 0.429. The summed E-state index contributed by atoms with van der Waals surface area (Å²) in [5, 5.41) is 22.5. The van der Waals surface area contributed by atoms with Crippen LogP contribution in [0.4, 0.5) is 0 Å². The third-order valence-electron chi connectivity index (χ3n) is 3.01. The van der Waals surface area contributed by atoms with Crippen molar-refractivity contribution in [2.24, 2.45) is 5.92 Å². The van der Waals surface area contributed by atoms with Gasteiger partial charge in [0.2, 0.25) is 0 Å². The van der Waals surface area contributed by atoms with Gasteiger partial charge in [0.1, 0.15) is 5.75 Å². The Morgan fingerprint density at radius 1 is 1.30 bits per heavy atom. The molecular weight excluding hydrogens is 260 g/mol. The number of phenols is 1. The quantitative estimate of drug-likeness (QED) is 0.584. The number of quaternary nitrogens is 1. The Labute approximate surface area is 117 Å². The Hall–Kier alpha value is -2.08. The first kappa shape index (κ1) is 16.0. The number of rotatable bonds is 6. The number of hydrogen-bond donors (Lipinski definition) is 3. The zero-order valence-electron chi connectivity index (χ0n) is 11.6. The molecule has 110 valence electrons. The van der Waals surface area contributed by atoms with E-state index in [0.29, 0.717) is 6.42 Å². The number of aliphatic carboxylic acids is 1. The summed E-state index contributed by atoms with van der Waals surface area (Å²) in [5.74, 6) is -1.84. The molecule has 1 aromatic rings. The van der Waals surface area contributed by atoms with Gasteiger partial charge in [-0.15, -0.1) is 0 Å². The maximum Gasteiger partial charge on any atom is 0.279 e. The number of carbonyl (C=O) groups is 2. The van der Waals surface area contributed by atoms with Crippen LogP contribution in [0.5, 0.6) is 5.75 Å². The summed E-state index contributed by atoms with van der Waals surface area (Å²) in [7, 11) is 0. The lowest BCUT2D eigenvalue weighted by molar-refractivity contribution is -0.403. The summed E-state index contributed by atoms with van der Waals surface area (Å²) in [4.78, 5) is 22.8. The normalized spacial score (nSPS) is 13.8. The number of amides is 1. The first-order chi connectivity index (χ1) is 9.31. The lowest BCUT2D eigenvalue weighted by Gasteiger charge is -2.24. The highest BCUT2D eigenvalue weighted by molar-refractivity contribution is 5.85. The maximum atomic E-state index is 11.9. The number of carboxylic acid groups (broad SMARTS) is 1. The van der Waals surface area contributed by atoms with Crippen molar-refractivity contribution in [3.8, 4) is 5.75 Å². The number of benzene rings is 1. The van der Waals surface area contributed by atoms with Gasteiger partial charge in [-0.05, 0) is 23.6 Å². The standard InChI is InChI=1S/C14H20N2O4/c1-8(2)12(14(19)20)16-13(18)11(15)7-9-3-5-10(17)6-4-9/h3-6,8,11-12,17H,7,15H2,1-2H3,(H,16,18)(H,19,20)/t11-,12-/m0/s1. The number of aromatic hydroxyl groups is 1. The topological polar surface area (TPSA) is 117 Å². The van der Waals surface area contributed by atoms with Crippen molar-refractivity contribution < 1.29 is 25.5 Å². The predicted octanol–water partition coefficient (Wildman–Crippen LogP) is -1.56. The van der Waals surface area contributed by atoms with Crippen LogP contribution in [-0.2, 0) is 16.0 Å². The minimum absolute atomic E-state index is 0.149. The van der Waals surface area contributed by atoms with E-state index in [1.54, 1.807) is 26.0 Å². The monoisotopic (exact) mass is 280 g/mol. The molecule has 0 aliphatic carbocycles. The van der Waals surface area contributed by atoms with Gasteiger partial charge in [0, 0.05) is 6.42 Å². The molecule has 20 heavy (non-hydrogen) atoms. The van der Waals surface area contributed by atoms with Gasteiger partial charge in [-0.2, -0.15) is 0 Å². The molecule has 0 spiro atoms. The van der Waals surface area contributed by atoms with Gasteiger partial charge in [0.05, 0.1) is 12.0 Å². The number of phenolic OH excluding ortho intramolecular Hbond substituents is 1. The summed E-state index contributed by atoms with van der Waals surface area (Å²) >= 11 is 0. The zero-order chi connectivity index (χ0) is 15.3. The van der Waals surface area contributed by atoms with Crippen LogP contribution < -0.4 is 16.2 Å². The Kier molecular flexibility index (Phi) is 5.52. The van der Waals surface area contributed by atoms with Crippen LogP contribution >= 0.6 is 0 Å². The molecule has 0 bridgehead atoms. The molecule has 1 amide bonds. The molecule has 2 atom stereocenters. The van der Waals surface area contributed by atoms with Crippen molar-refractivity contribution in [3.05, 3.63) is 29.8 Å². The SMILES string of the molecule is CC(C)[C@H](NC(=O)[C@@H]([NH3+])Cc1ccc(O)cc1)C(=O)[O-]. The van der Waals surface area contributed by atoms with Crippen molar-refractivity contribution in [1.82, 2.24) is 5.32 Å². The zero-order valence-corrected chi connectivity index (χ0v) is 11.6. The summed E-state index contributed by atoms with van der Waals surface area (Å²) in [6.07, 6.45) is 0.365. The van der Waals surface area contributed by atoms with E-state index < -0.39 is 24.0 Å². The third-order valence-corrected chi connectivity index (χ3v) is 3.01. The van der Waals surface area contributed by atoms with Gasteiger partial charge in [-0.1, -0.05) is 26.0 Å². The average molecular weight is 280 g/mol. The lowest BCUT2D eigenvalue weighted by atomic mass is 10.0. The second-order valence-electron chi connectivity index (χ2n) is 5.12. The molecule has 0 aliphatic heterocycles. The maximum absolute atomic E-state index is 11.9. The minimum atomic E-state index is -1.30. The second kappa shape index (κ2) is 6.91. The Balaban J connectivity index is 2.62. The molecule has 0 unspecified atom stereocenters. The molecule has 1 rings (SSSR count). The Morgan fingerprint density at radius 3 is 2.30 bits per heavy atom. The van der Waals surface area contributed by atoms with Crippen LogP contribution in [0.1, 0.15) is 19.4 Å². The average Bonchev–Trinajstić information content (AvgIpc) is 2.37. The van der Waals surface area contributed by atoms with Gasteiger partial charge in [0.15, 0.2) is 6.04 Å². The Morgan fingerprint density at radius 2 is 1.85 bits per heavy atom. The van der Waals surface area contributed by atoms with Crippen LogP contribution in [-0.4, -0.2) is 29.1 Å². The third kappa shape index (κ3) is 4.55. The number of hydrogen-bond acceptors (Lipinski definition) is 4. The fourth-order valence-corrected chi connectivity index (χ4v) is 1.78. The molecule has 0 aromatic heterocycles. The van der Waals surface area contributed by atoms with Crippen LogP contribution in [0, 0.1) is 5.92 Å². The van der Waals surface area contributed by atoms with Crippen LogP contribution in [0.3, 0.4) is 0 Å². The second-order valence-corrected chi connectivity index (χ2v) is 5.12. The molecule has 6 nitrogen and oxygen atoms in total. The van der Waals surface area contributed by atoms with E-state index >= 15 is 0 Å². The van der Waals surface area contributed by atoms with E-state index in [0.717, 1.165) is 5.56 Å². The predicted molar refractivity (Wildman–Crippen MR) is 70.3 cm³/mol. The number of carboxylic acids is 1. The molecule has 0 saturated carbocycles. The number of carbonyl (C=O) groups excluding carboxylic acids is 2. The van der Waals surface area contributed by atoms with E-state index in [1.165, 1.54) is 12.1 Å². The summed E-state index contributed by atoms with van der Waals surface area (Å²) in [5.41, 5.74) is 4.58. The molecule has 1 aromatic carbocycles. The highest BCUT2D eigenvalue weighted by Crippen LogP contribution is 2.10. The molecule has 0 saturated heterocycles. The smallest absolute Gasteiger partial charge is 0.279 e. The van der Waals surface area contributed by atoms with Crippen molar-refractivity contribution in [3.63, 3.8) is 0 Å². The Bertz CT molecular complexity index is 471. The minimum Gasteiger partial charge on any atom is -0.548 e. The van der Waals surface area contributed by atoms with Crippen molar-refractivity contribution in [2.45, 2.75) is 32.4 Å². The van der Waals surface area contributed by atoms with E-state index in [9.17, 15) is 19.8 Å². The molecule has 0 heterocycles. The fourth-order valence-electron chi connectivity index (χ4n) is 1.78. The van der Waals surface area contributed by atoms with Gasteiger partial charge in [-0.3, -0.25) is 4.79 Å². The van der Waals surface area contributed by atoms with E-state index in [2.05, 4.69) is 11.1 Å². The van der Waals surface area contributed by atoms with Crippen LogP contribution in [0.25, 0.3) is 0 Å². The van der Waals surface area contributed by atoms with Gasteiger partial charge >= 0.3 is 0 Å². The summed E-state index contributed by atoms with van der Waals surface area (Å²) < 4.78 is 0. The molecule has 0 fully saturated rings. The van der Waals surface area contributed by atoms with Crippen LogP contribution in [0.2, 0.25) is 0 Å². The van der Waals surface area contributed by atoms with E-state index in [4.69, 9.17) is 0 Å². The molecule has 0 aliphatic rings. The van der Waals surface area contributed by atoms with Gasteiger partial charge in [-0.25, -0.2) is 0 Å². The lowest BCUT2D eigenvalue weighted by Crippen LogP contribution is -2.70. The summed E-state index contributed by atoms with van der Waals surface area (Å²) in [6, 6.07) is 4.81. The first-order valence-corrected chi connectivity index (χ1v) is 6.43. The molecule has 6 heteroatoms. The highest BCUT2D eigenvalue weighted by Gasteiger charge is 2.23. The van der Waals surface area contributed by atoms with Gasteiger partial charge in [0.25, 0.3) is 5.91 Å². The summed E-state index contributed by atoms with van der Waals surface area (Å²) in [6.45, 7) is 3.39. The first-order valence-electron chi connectivity index (χ1n) is 6.43. The van der Waals surface area contributed by atoms with Crippen molar-refractivity contribution in [2.75, 3.05) is 0 Å². The molecule has 5 N–H and O–H groups in total. The highest BCUT2D eigenvalue weighted by atomic mass is 16.4. The van der Waals surface area contributed by atoms with E-state index in [-0.39, 0.29) is 11.7 Å². The van der Waals surface area contributed by atoms with Crippen LogP contribution in [0.15, 0.2) is 24.3 Å². The largest absolute Gasteiger partial charge is 0.548 e. The van der Waals surface area contributed by atoms with Crippen molar-refractivity contribution in [1.29, 1.82) is 0 Å². The van der Waals surface area contributed by atoms with E-state index in [1.807, 2.05) is 0 Å². The van der Waals surface area contributed by atoms with Crippen molar-refractivity contribution >= 4 is 11.9 Å². The van der Waals surface area contributed by atoms with Gasteiger partial charge < -0.3 is 26.1 Å².